The molecule has 1 heterocycles. The van der Waals surface area contributed by atoms with E-state index in [0.717, 1.165) is 23.2 Å². The van der Waals surface area contributed by atoms with Gasteiger partial charge in [-0.05, 0) is 23.6 Å². The van der Waals surface area contributed by atoms with E-state index in [1.807, 2.05) is 54.6 Å². The summed E-state index contributed by atoms with van der Waals surface area (Å²) in [6, 6.07) is 17.4. The fourth-order valence-corrected chi connectivity index (χ4v) is 3.17. The second kappa shape index (κ2) is 7.94. The van der Waals surface area contributed by atoms with Gasteiger partial charge in [0.1, 0.15) is 0 Å². The van der Waals surface area contributed by atoms with Crippen LogP contribution in [0.2, 0.25) is 0 Å². The number of hydrogen-bond acceptors (Lipinski definition) is 3. The van der Waals surface area contributed by atoms with Crippen molar-refractivity contribution < 1.29 is 14.7 Å². The number of hydrogen-bond donors (Lipinski definition) is 2. The minimum atomic E-state index is -0.457. The number of rotatable bonds is 7. The highest BCUT2D eigenvalue weighted by Crippen LogP contribution is 2.34. The van der Waals surface area contributed by atoms with Crippen molar-refractivity contribution in [3.63, 3.8) is 0 Å². The molecule has 5 nitrogen and oxygen atoms in total. The van der Waals surface area contributed by atoms with Gasteiger partial charge in [0.15, 0.2) is 0 Å². The molecule has 2 N–H and O–H groups in total. The van der Waals surface area contributed by atoms with Crippen LogP contribution in [-0.2, 0) is 16.0 Å². The number of carbonyl (C=O) groups is 2. The second-order valence-electron chi connectivity index (χ2n) is 6.17. The third-order valence-electron chi connectivity index (χ3n) is 4.53. The molecule has 130 valence electrons. The fraction of sp³-hybridized carbons (Fsp3) is 0.300. The average Bonchev–Trinajstić information content (AvgIpc) is 2.95. The van der Waals surface area contributed by atoms with Crippen molar-refractivity contribution in [1.82, 2.24) is 4.90 Å². The molecule has 2 amide bonds. The minimum absolute atomic E-state index is 0.0893. The Morgan fingerprint density at radius 1 is 1.04 bits per heavy atom. The van der Waals surface area contributed by atoms with Crippen LogP contribution in [0, 0.1) is 0 Å². The van der Waals surface area contributed by atoms with E-state index in [9.17, 15) is 14.7 Å². The van der Waals surface area contributed by atoms with Gasteiger partial charge < -0.3 is 15.3 Å². The number of amides is 2. The molecule has 0 aromatic heterocycles. The number of nitrogens with one attached hydrogen (secondary N) is 1. The quantitative estimate of drug-likeness (QED) is 0.813. The number of aliphatic hydroxyl groups excluding tert-OH is 1. The molecular weight excluding hydrogens is 316 g/mol. The normalized spacial score (nSPS) is 15.6. The molecular formula is C20H22N2O3. The van der Waals surface area contributed by atoms with Gasteiger partial charge in [0.05, 0.1) is 12.5 Å². The average molecular weight is 338 g/mol. The van der Waals surface area contributed by atoms with Crippen molar-refractivity contribution in [1.29, 1.82) is 0 Å². The van der Waals surface area contributed by atoms with Crippen molar-refractivity contribution in [2.75, 3.05) is 25.0 Å². The second-order valence-corrected chi connectivity index (χ2v) is 6.17. The summed E-state index contributed by atoms with van der Waals surface area (Å²) in [5.74, 6) is -0.704. The van der Waals surface area contributed by atoms with Crippen LogP contribution in [0.3, 0.4) is 0 Å². The van der Waals surface area contributed by atoms with Crippen LogP contribution in [0.15, 0.2) is 54.6 Å². The van der Waals surface area contributed by atoms with Crippen molar-refractivity contribution in [2.24, 2.45) is 0 Å². The Balaban J connectivity index is 1.66. The monoisotopic (exact) mass is 338 g/mol. The third kappa shape index (κ3) is 4.06. The van der Waals surface area contributed by atoms with Gasteiger partial charge in [-0.1, -0.05) is 48.5 Å². The molecule has 1 unspecified atom stereocenters. The maximum Gasteiger partial charge on any atom is 0.232 e. The van der Waals surface area contributed by atoms with Crippen LogP contribution in [0.1, 0.15) is 23.5 Å². The SMILES string of the molecule is O=C1Nc2ccccc2C1CC(=O)N(CCO)CCc1ccccc1. The Hall–Kier alpha value is -2.66. The first kappa shape index (κ1) is 17.2. The summed E-state index contributed by atoms with van der Waals surface area (Å²) in [6.07, 6.45) is 0.845. The Labute approximate surface area is 147 Å². The molecule has 0 saturated heterocycles. The van der Waals surface area contributed by atoms with Crippen molar-refractivity contribution >= 4 is 17.5 Å². The number of aliphatic hydroxyl groups is 1. The molecule has 1 aliphatic heterocycles. The number of benzene rings is 2. The lowest BCUT2D eigenvalue weighted by molar-refractivity contribution is -0.133. The smallest absolute Gasteiger partial charge is 0.232 e. The maximum atomic E-state index is 12.7. The standard InChI is InChI=1S/C20H22N2O3/c23-13-12-22(11-10-15-6-2-1-3-7-15)19(24)14-17-16-8-4-5-9-18(16)21-20(17)25/h1-9,17,23H,10-14H2,(H,21,25). The van der Waals surface area contributed by atoms with Gasteiger partial charge in [0.2, 0.25) is 11.8 Å². The lowest BCUT2D eigenvalue weighted by Crippen LogP contribution is -2.36. The molecule has 0 radical (unpaired) electrons. The number of nitrogens with zero attached hydrogens (tertiary/aromatic N) is 1. The van der Waals surface area contributed by atoms with Crippen molar-refractivity contribution in [3.8, 4) is 0 Å². The van der Waals surface area contributed by atoms with Crippen LogP contribution >= 0.6 is 0 Å². The molecule has 3 rings (SSSR count). The first-order valence-electron chi connectivity index (χ1n) is 8.51. The Kier molecular flexibility index (Phi) is 5.46. The summed E-state index contributed by atoms with van der Waals surface area (Å²) in [4.78, 5) is 26.5. The van der Waals surface area contributed by atoms with Gasteiger partial charge in [0.25, 0.3) is 0 Å². The Morgan fingerprint density at radius 3 is 2.52 bits per heavy atom. The van der Waals surface area contributed by atoms with Gasteiger partial charge in [-0.2, -0.15) is 0 Å². The number of anilines is 1. The first-order valence-corrected chi connectivity index (χ1v) is 8.51. The summed E-state index contributed by atoms with van der Waals surface area (Å²) in [6.45, 7) is 0.717. The van der Waals surface area contributed by atoms with Gasteiger partial charge in [0, 0.05) is 25.2 Å². The van der Waals surface area contributed by atoms with Gasteiger partial charge in [-0.25, -0.2) is 0 Å². The third-order valence-corrected chi connectivity index (χ3v) is 4.53. The van der Waals surface area contributed by atoms with Gasteiger partial charge in [-0.3, -0.25) is 9.59 Å². The predicted octanol–water partition coefficient (Wildman–Crippen LogP) is 2.18. The molecule has 1 atom stereocenters. The van der Waals surface area contributed by atoms with E-state index >= 15 is 0 Å². The molecule has 25 heavy (non-hydrogen) atoms. The first-order chi connectivity index (χ1) is 12.2. The van der Waals surface area contributed by atoms with Crippen molar-refractivity contribution in [3.05, 3.63) is 65.7 Å². The molecule has 2 aromatic carbocycles. The summed E-state index contributed by atoms with van der Waals surface area (Å²) in [5, 5.41) is 12.1. The van der Waals surface area contributed by atoms with Crippen LogP contribution in [0.5, 0.6) is 0 Å². The zero-order valence-electron chi connectivity index (χ0n) is 14.0. The molecule has 2 aromatic rings. The molecule has 5 heteroatoms. The van der Waals surface area contributed by atoms with E-state index in [1.165, 1.54) is 0 Å². The van der Waals surface area contributed by atoms with Crippen LogP contribution in [0.25, 0.3) is 0 Å². The minimum Gasteiger partial charge on any atom is -0.395 e. The van der Waals surface area contributed by atoms with Gasteiger partial charge >= 0.3 is 0 Å². The Bertz CT molecular complexity index is 746. The van der Waals surface area contributed by atoms with E-state index in [0.29, 0.717) is 6.54 Å². The fourth-order valence-electron chi connectivity index (χ4n) is 3.17. The van der Waals surface area contributed by atoms with Crippen LogP contribution in [0.4, 0.5) is 5.69 Å². The summed E-state index contributed by atoms with van der Waals surface area (Å²) >= 11 is 0. The topological polar surface area (TPSA) is 69.6 Å². The lowest BCUT2D eigenvalue weighted by atomic mass is 9.96. The van der Waals surface area contributed by atoms with E-state index in [4.69, 9.17) is 0 Å². The molecule has 1 aliphatic rings. The van der Waals surface area contributed by atoms with E-state index in [-0.39, 0.29) is 31.4 Å². The maximum absolute atomic E-state index is 12.7. The highest BCUT2D eigenvalue weighted by Gasteiger charge is 2.33. The summed E-state index contributed by atoms with van der Waals surface area (Å²) < 4.78 is 0. The lowest BCUT2D eigenvalue weighted by Gasteiger charge is -2.23. The molecule has 0 bridgehead atoms. The Morgan fingerprint density at radius 2 is 1.76 bits per heavy atom. The predicted molar refractivity (Wildman–Crippen MR) is 96.2 cm³/mol. The summed E-state index contributed by atoms with van der Waals surface area (Å²) in [5.41, 5.74) is 2.79. The summed E-state index contributed by atoms with van der Waals surface area (Å²) in [7, 11) is 0. The molecule has 0 aliphatic carbocycles. The van der Waals surface area contributed by atoms with Crippen molar-refractivity contribution in [2.45, 2.75) is 18.8 Å². The largest absolute Gasteiger partial charge is 0.395 e. The van der Waals surface area contributed by atoms with Crippen LogP contribution < -0.4 is 5.32 Å². The van der Waals surface area contributed by atoms with E-state index in [2.05, 4.69) is 5.32 Å². The molecule has 0 saturated carbocycles. The zero-order chi connectivity index (χ0) is 17.6. The zero-order valence-corrected chi connectivity index (χ0v) is 14.0. The van der Waals surface area contributed by atoms with E-state index < -0.39 is 5.92 Å². The van der Waals surface area contributed by atoms with Crippen LogP contribution in [-0.4, -0.2) is 41.5 Å². The van der Waals surface area contributed by atoms with E-state index in [1.54, 1.807) is 4.90 Å². The highest BCUT2D eigenvalue weighted by atomic mass is 16.3. The number of carbonyl (C=O) groups excluding carboxylic acids is 2. The van der Waals surface area contributed by atoms with Gasteiger partial charge in [-0.15, -0.1) is 0 Å². The number of fused-ring (bicyclic) bond motifs is 1. The molecule has 0 fully saturated rings. The highest BCUT2D eigenvalue weighted by molar-refractivity contribution is 6.04. The number of para-hydroxylation sites is 1. The molecule has 0 spiro atoms.